The molecule has 9 heteroatoms. The largest absolute Gasteiger partial charge is 0.492 e. The van der Waals surface area contributed by atoms with E-state index in [4.69, 9.17) is 16.3 Å². The molecule has 2 N–H and O–H groups in total. The van der Waals surface area contributed by atoms with Gasteiger partial charge in [-0.2, -0.15) is 4.72 Å². The van der Waals surface area contributed by atoms with Gasteiger partial charge in [-0.1, -0.05) is 57.9 Å². The van der Waals surface area contributed by atoms with Gasteiger partial charge in [0, 0.05) is 10.2 Å². The van der Waals surface area contributed by atoms with Crippen molar-refractivity contribution < 1.29 is 17.9 Å². The van der Waals surface area contributed by atoms with E-state index < -0.39 is 22.0 Å². The van der Waals surface area contributed by atoms with Gasteiger partial charge in [0.1, 0.15) is 11.8 Å². The number of nitrogens with one attached hydrogen (secondary N) is 2. The minimum Gasteiger partial charge on any atom is -0.492 e. The van der Waals surface area contributed by atoms with Crippen LogP contribution in [0.2, 0.25) is 5.02 Å². The minimum atomic E-state index is -4.04. The zero-order valence-corrected chi connectivity index (χ0v) is 20.4. The maximum absolute atomic E-state index is 13.1. The molecule has 0 aliphatic heterocycles. The first-order valence-corrected chi connectivity index (χ1v) is 12.5. The summed E-state index contributed by atoms with van der Waals surface area (Å²) in [5.74, 6) is -0.0845. The highest BCUT2D eigenvalue weighted by atomic mass is 79.9. The SMILES string of the molecule is CCOc1ccc(S(=O)(=O)N[C@H](Cc2ccccc2)C(=O)Nc2ccc(Br)cc2)cc1Cl. The zero-order valence-electron chi connectivity index (χ0n) is 17.2. The van der Waals surface area contributed by atoms with Crippen LogP contribution in [0.3, 0.4) is 0 Å². The van der Waals surface area contributed by atoms with Gasteiger partial charge in [-0.15, -0.1) is 0 Å². The molecule has 0 radical (unpaired) electrons. The van der Waals surface area contributed by atoms with Crippen LogP contribution in [0.4, 0.5) is 5.69 Å². The second-order valence-electron chi connectivity index (χ2n) is 6.88. The third-order valence-electron chi connectivity index (χ3n) is 4.52. The monoisotopic (exact) mass is 536 g/mol. The lowest BCUT2D eigenvalue weighted by molar-refractivity contribution is -0.117. The van der Waals surface area contributed by atoms with Crippen molar-refractivity contribution in [3.63, 3.8) is 0 Å². The number of carbonyl (C=O) groups is 1. The fourth-order valence-corrected chi connectivity index (χ4v) is 4.76. The molecule has 3 rings (SSSR count). The summed E-state index contributed by atoms with van der Waals surface area (Å²) in [5.41, 5.74) is 1.37. The highest BCUT2D eigenvalue weighted by Crippen LogP contribution is 2.27. The Bertz CT molecular complexity index is 1170. The summed E-state index contributed by atoms with van der Waals surface area (Å²) in [6.45, 7) is 2.21. The third kappa shape index (κ3) is 6.56. The molecule has 0 aliphatic rings. The first kappa shape index (κ1) is 24.3. The van der Waals surface area contributed by atoms with E-state index in [1.807, 2.05) is 30.3 Å². The Balaban J connectivity index is 1.86. The van der Waals surface area contributed by atoms with E-state index in [1.54, 1.807) is 31.2 Å². The predicted octanol–water partition coefficient (Wildman–Crippen LogP) is 5.03. The van der Waals surface area contributed by atoms with Gasteiger partial charge < -0.3 is 10.1 Å². The van der Waals surface area contributed by atoms with Crippen LogP contribution in [0.1, 0.15) is 12.5 Å². The molecule has 0 bridgehead atoms. The quantitative estimate of drug-likeness (QED) is 0.401. The van der Waals surface area contributed by atoms with Crippen LogP contribution in [0.25, 0.3) is 0 Å². The fourth-order valence-electron chi connectivity index (χ4n) is 2.98. The number of hydrogen-bond donors (Lipinski definition) is 2. The first-order valence-electron chi connectivity index (χ1n) is 9.83. The standard InChI is InChI=1S/C23H22BrClN2O4S/c1-2-31-22-13-12-19(15-20(22)25)32(29,30)27-21(14-16-6-4-3-5-7-16)23(28)26-18-10-8-17(24)9-11-18/h3-13,15,21,27H,2,14H2,1H3,(H,26,28)/t21-/m1/s1. The molecule has 1 atom stereocenters. The Hall–Kier alpha value is -2.39. The van der Waals surface area contributed by atoms with Gasteiger partial charge in [-0.05, 0) is 61.4 Å². The topological polar surface area (TPSA) is 84.5 Å². The number of halogens is 2. The summed E-state index contributed by atoms with van der Waals surface area (Å²) in [4.78, 5) is 13.0. The Labute approximate surface area is 201 Å². The van der Waals surface area contributed by atoms with Crippen molar-refractivity contribution >= 4 is 49.1 Å². The molecule has 0 aliphatic carbocycles. The van der Waals surface area contributed by atoms with Crippen LogP contribution < -0.4 is 14.8 Å². The summed E-state index contributed by atoms with van der Waals surface area (Å²) in [6.07, 6.45) is 0.174. The van der Waals surface area contributed by atoms with E-state index in [0.29, 0.717) is 18.0 Å². The smallest absolute Gasteiger partial charge is 0.242 e. The Morgan fingerprint density at radius 1 is 1.06 bits per heavy atom. The number of benzene rings is 3. The zero-order chi connectivity index (χ0) is 23.1. The number of sulfonamides is 1. The number of anilines is 1. The number of hydrogen-bond acceptors (Lipinski definition) is 4. The average Bonchev–Trinajstić information content (AvgIpc) is 2.77. The first-order chi connectivity index (χ1) is 15.3. The third-order valence-corrected chi connectivity index (χ3v) is 6.82. The van der Waals surface area contributed by atoms with Gasteiger partial charge in [0.05, 0.1) is 16.5 Å². The lowest BCUT2D eigenvalue weighted by Gasteiger charge is -2.19. The van der Waals surface area contributed by atoms with Crippen molar-refractivity contribution in [1.82, 2.24) is 4.72 Å². The second kappa shape index (κ2) is 11.0. The molecule has 0 aromatic heterocycles. The molecule has 0 heterocycles. The van der Waals surface area contributed by atoms with Crippen LogP contribution in [0, 0.1) is 0 Å². The van der Waals surface area contributed by atoms with E-state index >= 15 is 0 Å². The summed E-state index contributed by atoms with van der Waals surface area (Å²) in [5, 5.41) is 2.94. The Morgan fingerprint density at radius 2 is 1.75 bits per heavy atom. The maximum Gasteiger partial charge on any atom is 0.242 e. The van der Waals surface area contributed by atoms with Gasteiger partial charge in [-0.25, -0.2) is 8.42 Å². The van der Waals surface area contributed by atoms with Crippen molar-refractivity contribution in [2.75, 3.05) is 11.9 Å². The normalized spacial score (nSPS) is 12.2. The van der Waals surface area contributed by atoms with E-state index in [-0.39, 0.29) is 16.3 Å². The molecular weight excluding hydrogens is 516 g/mol. The molecule has 0 unspecified atom stereocenters. The average molecular weight is 538 g/mol. The minimum absolute atomic E-state index is 0.0551. The summed E-state index contributed by atoms with van der Waals surface area (Å²) in [6, 6.07) is 19.4. The fraction of sp³-hybridized carbons (Fsp3) is 0.174. The van der Waals surface area contributed by atoms with Crippen molar-refractivity contribution in [2.45, 2.75) is 24.3 Å². The van der Waals surface area contributed by atoms with Crippen LogP contribution in [0.15, 0.2) is 82.2 Å². The van der Waals surface area contributed by atoms with Crippen LogP contribution in [-0.2, 0) is 21.2 Å². The maximum atomic E-state index is 13.1. The number of carbonyl (C=O) groups excluding carboxylic acids is 1. The molecule has 0 fully saturated rings. The number of amides is 1. The van der Waals surface area contributed by atoms with Gasteiger partial charge >= 0.3 is 0 Å². The summed E-state index contributed by atoms with van der Waals surface area (Å²) >= 11 is 9.51. The molecule has 3 aromatic carbocycles. The van der Waals surface area contributed by atoms with Crippen molar-refractivity contribution in [3.05, 3.63) is 87.9 Å². The highest BCUT2D eigenvalue weighted by molar-refractivity contribution is 9.10. The van der Waals surface area contributed by atoms with Gasteiger partial charge in [0.25, 0.3) is 0 Å². The number of ether oxygens (including phenoxy) is 1. The molecule has 0 spiro atoms. The van der Waals surface area contributed by atoms with Gasteiger partial charge in [0.2, 0.25) is 15.9 Å². The molecular formula is C23H22BrClN2O4S. The predicted molar refractivity (Wildman–Crippen MR) is 130 cm³/mol. The lowest BCUT2D eigenvalue weighted by atomic mass is 10.1. The van der Waals surface area contributed by atoms with Gasteiger partial charge in [0.15, 0.2) is 0 Å². The summed E-state index contributed by atoms with van der Waals surface area (Å²) < 4.78 is 34.9. The van der Waals surface area contributed by atoms with Crippen molar-refractivity contribution in [3.8, 4) is 5.75 Å². The van der Waals surface area contributed by atoms with Crippen molar-refractivity contribution in [1.29, 1.82) is 0 Å². The highest BCUT2D eigenvalue weighted by Gasteiger charge is 2.27. The van der Waals surface area contributed by atoms with Crippen LogP contribution in [-0.4, -0.2) is 27.0 Å². The van der Waals surface area contributed by atoms with Gasteiger partial charge in [-0.3, -0.25) is 4.79 Å². The van der Waals surface area contributed by atoms with Crippen LogP contribution in [0.5, 0.6) is 5.75 Å². The molecule has 168 valence electrons. The Kier molecular flexibility index (Phi) is 8.31. The molecule has 32 heavy (non-hydrogen) atoms. The van der Waals surface area contributed by atoms with E-state index in [9.17, 15) is 13.2 Å². The van der Waals surface area contributed by atoms with Crippen LogP contribution >= 0.6 is 27.5 Å². The molecule has 3 aromatic rings. The molecule has 6 nitrogen and oxygen atoms in total. The van der Waals surface area contributed by atoms with E-state index in [1.165, 1.54) is 18.2 Å². The number of rotatable bonds is 9. The molecule has 1 amide bonds. The van der Waals surface area contributed by atoms with E-state index in [0.717, 1.165) is 10.0 Å². The second-order valence-corrected chi connectivity index (χ2v) is 9.92. The van der Waals surface area contributed by atoms with E-state index in [2.05, 4.69) is 26.0 Å². The molecule has 0 saturated carbocycles. The van der Waals surface area contributed by atoms with Crippen molar-refractivity contribution in [2.24, 2.45) is 0 Å². The molecule has 0 saturated heterocycles. The lowest BCUT2D eigenvalue weighted by Crippen LogP contribution is -2.45. The summed E-state index contributed by atoms with van der Waals surface area (Å²) in [7, 11) is -4.04. The Morgan fingerprint density at radius 3 is 2.38 bits per heavy atom.